The van der Waals surface area contributed by atoms with Crippen molar-refractivity contribution in [2.45, 2.75) is 6.92 Å². The molecule has 8 heteroatoms. The minimum absolute atomic E-state index is 0.104. The molecular formula is C18H21ClN6O. The Morgan fingerprint density at radius 3 is 2.50 bits per heavy atom. The summed E-state index contributed by atoms with van der Waals surface area (Å²) in [6.07, 6.45) is 1.80. The van der Waals surface area contributed by atoms with Gasteiger partial charge in [0.15, 0.2) is 11.3 Å². The van der Waals surface area contributed by atoms with Gasteiger partial charge in [0.2, 0.25) is 0 Å². The number of anilines is 1. The predicted molar refractivity (Wildman–Crippen MR) is 103 cm³/mol. The fraction of sp³-hybridized carbons (Fsp3) is 0.389. The third-order valence-corrected chi connectivity index (χ3v) is 5.12. The van der Waals surface area contributed by atoms with Gasteiger partial charge in [0.1, 0.15) is 17.4 Å². The topological polar surface area (TPSA) is 70.3 Å². The summed E-state index contributed by atoms with van der Waals surface area (Å²) in [5.41, 5.74) is 2.77. The first-order chi connectivity index (χ1) is 12.4. The quantitative estimate of drug-likeness (QED) is 0.745. The second-order valence-electron chi connectivity index (χ2n) is 6.78. The fourth-order valence-electron chi connectivity index (χ4n) is 3.38. The molecule has 0 spiro atoms. The molecule has 136 valence electrons. The molecule has 0 atom stereocenters. The van der Waals surface area contributed by atoms with Crippen molar-refractivity contribution in [3.05, 3.63) is 28.9 Å². The SMILES string of the molecule is Cc1cc(Cl)cc(O)c1-c1nc2nc(N3CCN(C)CC3)cnc2n1C. The van der Waals surface area contributed by atoms with E-state index in [1.165, 1.54) is 6.07 Å². The molecule has 0 unspecified atom stereocenters. The number of phenolic OH excluding ortho intramolecular Hbond substituents is 1. The molecule has 0 saturated carbocycles. The Morgan fingerprint density at radius 2 is 1.81 bits per heavy atom. The monoisotopic (exact) mass is 372 g/mol. The highest BCUT2D eigenvalue weighted by molar-refractivity contribution is 6.31. The molecule has 1 aromatic carbocycles. The number of fused-ring (bicyclic) bond motifs is 1. The van der Waals surface area contributed by atoms with Crippen LogP contribution in [0.25, 0.3) is 22.7 Å². The Hall–Kier alpha value is -2.38. The van der Waals surface area contributed by atoms with Crippen LogP contribution in [0.4, 0.5) is 5.82 Å². The predicted octanol–water partition coefficient (Wildman–Crippen LogP) is 2.45. The fourth-order valence-corrected chi connectivity index (χ4v) is 3.65. The number of halogens is 1. The van der Waals surface area contributed by atoms with Gasteiger partial charge in [0.05, 0.1) is 11.8 Å². The number of nitrogens with zero attached hydrogens (tertiary/aromatic N) is 6. The van der Waals surface area contributed by atoms with Crippen LogP contribution in [0.3, 0.4) is 0 Å². The van der Waals surface area contributed by atoms with E-state index >= 15 is 0 Å². The van der Waals surface area contributed by atoms with Gasteiger partial charge < -0.3 is 19.5 Å². The van der Waals surface area contributed by atoms with Crippen LogP contribution in [0.15, 0.2) is 18.3 Å². The molecule has 2 aromatic heterocycles. The highest BCUT2D eigenvalue weighted by Gasteiger charge is 2.20. The van der Waals surface area contributed by atoms with Gasteiger partial charge in [-0.3, -0.25) is 0 Å². The molecule has 0 amide bonds. The van der Waals surface area contributed by atoms with Crippen LogP contribution in [0.2, 0.25) is 5.02 Å². The average Bonchev–Trinajstić information content (AvgIpc) is 2.91. The minimum atomic E-state index is 0.104. The Labute approximate surface area is 156 Å². The van der Waals surface area contributed by atoms with E-state index in [-0.39, 0.29) is 5.75 Å². The molecule has 1 fully saturated rings. The summed E-state index contributed by atoms with van der Waals surface area (Å²) in [6.45, 7) is 5.76. The van der Waals surface area contributed by atoms with Crippen molar-refractivity contribution in [2.75, 3.05) is 38.1 Å². The normalized spacial score (nSPS) is 15.8. The number of likely N-dealkylation sites (N-methyl/N-ethyl adjacent to an activating group) is 1. The summed E-state index contributed by atoms with van der Waals surface area (Å²) in [5.74, 6) is 1.57. The van der Waals surface area contributed by atoms with Crippen LogP contribution < -0.4 is 4.90 Å². The van der Waals surface area contributed by atoms with E-state index in [2.05, 4.69) is 26.8 Å². The first kappa shape index (κ1) is 17.1. The third-order valence-electron chi connectivity index (χ3n) is 4.90. The summed E-state index contributed by atoms with van der Waals surface area (Å²) in [5, 5.41) is 10.9. The number of hydrogen-bond acceptors (Lipinski definition) is 6. The smallest absolute Gasteiger partial charge is 0.200 e. The van der Waals surface area contributed by atoms with Gasteiger partial charge in [-0.2, -0.15) is 0 Å². The van der Waals surface area contributed by atoms with Crippen molar-refractivity contribution in [3.63, 3.8) is 0 Å². The summed E-state index contributed by atoms with van der Waals surface area (Å²) in [7, 11) is 4.00. The van der Waals surface area contributed by atoms with Gasteiger partial charge in [-0.15, -0.1) is 0 Å². The van der Waals surface area contributed by atoms with Crippen molar-refractivity contribution in [1.82, 2.24) is 24.4 Å². The van der Waals surface area contributed by atoms with Crippen LogP contribution in [-0.2, 0) is 7.05 Å². The van der Waals surface area contributed by atoms with Crippen molar-refractivity contribution < 1.29 is 5.11 Å². The lowest BCUT2D eigenvalue weighted by molar-refractivity contribution is 0.312. The first-order valence-corrected chi connectivity index (χ1v) is 8.94. The average molecular weight is 373 g/mol. The van der Waals surface area contributed by atoms with Crippen LogP contribution in [0, 0.1) is 6.92 Å². The van der Waals surface area contributed by atoms with E-state index in [0.29, 0.717) is 27.7 Å². The summed E-state index contributed by atoms with van der Waals surface area (Å²) in [6, 6.07) is 3.34. The summed E-state index contributed by atoms with van der Waals surface area (Å²) >= 11 is 6.02. The van der Waals surface area contributed by atoms with E-state index in [9.17, 15) is 5.11 Å². The van der Waals surface area contributed by atoms with Crippen molar-refractivity contribution >= 4 is 28.7 Å². The Bertz CT molecular complexity index is 954. The molecule has 1 aliphatic rings. The highest BCUT2D eigenvalue weighted by Crippen LogP contribution is 2.35. The lowest BCUT2D eigenvalue weighted by atomic mass is 10.1. The van der Waals surface area contributed by atoms with Gasteiger partial charge in [-0.1, -0.05) is 11.6 Å². The van der Waals surface area contributed by atoms with Gasteiger partial charge in [0.25, 0.3) is 0 Å². The van der Waals surface area contributed by atoms with E-state index in [4.69, 9.17) is 16.6 Å². The Morgan fingerprint density at radius 1 is 1.08 bits per heavy atom. The number of aromatic nitrogens is 4. The zero-order valence-corrected chi connectivity index (χ0v) is 15.8. The maximum atomic E-state index is 10.4. The maximum absolute atomic E-state index is 10.4. The van der Waals surface area contributed by atoms with E-state index in [1.54, 1.807) is 6.20 Å². The van der Waals surface area contributed by atoms with E-state index < -0.39 is 0 Å². The molecule has 3 heterocycles. The van der Waals surface area contributed by atoms with Gasteiger partial charge in [0, 0.05) is 38.2 Å². The lowest BCUT2D eigenvalue weighted by Crippen LogP contribution is -2.44. The number of imidazole rings is 1. The van der Waals surface area contributed by atoms with Crippen molar-refractivity contribution in [3.8, 4) is 17.1 Å². The van der Waals surface area contributed by atoms with Gasteiger partial charge >= 0.3 is 0 Å². The number of benzene rings is 1. The van der Waals surface area contributed by atoms with Gasteiger partial charge in [-0.25, -0.2) is 15.0 Å². The molecule has 4 rings (SSSR count). The Kier molecular flexibility index (Phi) is 4.20. The number of phenols is 1. The molecule has 1 saturated heterocycles. The molecule has 26 heavy (non-hydrogen) atoms. The van der Waals surface area contributed by atoms with E-state index in [1.807, 2.05) is 24.6 Å². The number of aromatic hydroxyl groups is 1. The van der Waals surface area contributed by atoms with Crippen molar-refractivity contribution in [1.29, 1.82) is 0 Å². The van der Waals surface area contributed by atoms with Crippen LogP contribution >= 0.6 is 11.6 Å². The Balaban J connectivity index is 1.78. The second kappa shape index (κ2) is 6.41. The number of piperazine rings is 1. The van der Waals surface area contributed by atoms with Crippen molar-refractivity contribution in [2.24, 2.45) is 7.05 Å². The van der Waals surface area contributed by atoms with Crippen LogP contribution in [0.1, 0.15) is 5.56 Å². The summed E-state index contributed by atoms with van der Waals surface area (Å²) < 4.78 is 1.85. The number of aryl methyl sites for hydroxylation is 2. The molecule has 0 bridgehead atoms. The minimum Gasteiger partial charge on any atom is -0.507 e. The molecular weight excluding hydrogens is 352 g/mol. The number of hydrogen-bond donors (Lipinski definition) is 1. The molecule has 7 nitrogen and oxygen atoms in total. The highest BCUT2D eigenvalue weighted by atomic mass is 35.5. The molecule has 1 N–H and O–H groups in total. The largest absolute Gasteiger partial charge is 0.507 e. The van der Waals surface area contributed by atoms with Gasteiger partial charge in [-0.05, 0) is 31.7 Å². The molecule has 1 aliphatic heterocycles. The zero-order chi connectivity index (χ0) is 18.4. The van der Waals surface area contributed by atoms with Crippen LogP contribution in [-0.4, -0.2) is 62.8 Å². The maximum Gasteiger partial charge on any atom is 0.200 e. The standard InChI is InChI=1S/C18H21ClN6O/c1-11-8-12(19)9-13(26)15(11)17-22-16-18(24(17)3)20-10-14(21-16)25-6-4-23(2)5-7-25/h8-10,26H,4-7H2,1-3H3. The zero-order valence-electron chi connectivity index (χ0n) is 15.1. The first-order valence-electron chi connectivity index (χ1n) is 8.56. The third kappa shape index (κ3) is 2.87. The lowest BCUT2D eigenvalue weighted by Gasteiger charge is -2.32. The summed E-state index contributed by atoms with van der Waals surface area (Å²) in [4.78, 5) is 18.5. The second-order valence-corrected chi connectivity index (χ2v) is 7.21. The molecule has 0 aliphatic carbocycles. The molecule has 3 aromatic rings. The number of rotatable bonds is 2. The molecule has 0 radical (unpaired) electrons. The van der Waals surface area contributed by atoms with Crippen LogP contribution in [0.5, 0.6) is 5.75 Å². The van der Waals surface area contributed by atoms with E-state index in [0.717, 1.165) is 37.6 Å².